The zero-order valence-electron chi connectivity index (χ0n) is 9.76. The molecule has 0 aliphatic heterocycles. The van der Waals surface area contributed by atoms with Crippen molar-refractivity contribution in [3.8, 4) is 0 Å². The van der Waals surface area contributed by atoms with Crippen molar-refractivity contribution in [3.63, 3.8) is 0 Å². The summed E-state index contributed by atoms with van der Waals surface area (Å²) in [6.07, 6.45) is 0.246. The molecule has 2 nitrogen and oxygen atoms in total. The predicted octanol–water partition coefficient (Wildman–Crippen LogP) is 3.63. The SMILES string of the molecule is CNC(COC(C)C)c1ccc(I)c(Cl)c1. The van der Waals surface area contributed by atoms with Crippen LogP contribution in [0.15, 0.2) is 18.2 Å². The van der Waals surface area contributed by atoms with Gasteiger partial charge in [0.2, 0.25) is 0 Å². The molecule has 0 bridgehead atoms. The Balaban J connectivity index is 2.74. The largest absolute Gasteiger partial charge is 0.377 e. The van der Waals surface area contributed by atoms with Crippen LogP contribution >= 0.6 is 34.2 Å². The van der Waals surface area contributed by atoms with Crippen LogP contribution in [0.1, 0.15) is 25.5 Å². The Morgan fingerprint density at radius 2 is 2.12 bits per heavy atom. The summed E-state index contributed by atoms with van der Waals surface area (Å²) in [4.78, 5) is 0. The third-order valence-electron chi connectivity index (χ3n) is 2.29. The summed E-state index contributed by atoms with van der Waals surface area (Å²) in [6, 6.07) is 6.29. The minimum absolute atomic E-state index is 0.192. The van der Waals surface area contributed by atoms with Gasteiger partial charge in [0.05, 0.1) is 23.8 Å². The van der Waals surface area contributed by atoms with Gasteiger partial charge in [-0.05, 0) is 61.2 Å². The molecule has 0 amide bonds. The van der Waals surface area contributed by atoms with Crippen molar-refractivity contribution in [1.82, 2.24) is 5.32 Å². The third-order valence-corrected chi connectivity index (χ3v) is 3.86. The number of benzene rings is 1. The Morgan fingerprint density at radius 1 is 1.44 bits per heavy atom. The summed E-state index contributed by atoms with van der Waals surface area (Å²) in [6.45, 7) is 4.73. The first-order valence-corrected chi connectivity index (χ1v) is 6.74. The van der Waals surface area contributed by atoms with Crippen LogP contribution < -0.4 is 5.32 Å². The lowest BCUT2D eigenvalue weighted by atomic mass is 10.1. The molecular formula is C12H17ClINO. The Hall–Kier alpha value is 0.160. The van der Waals surface area contributed by atoms with Crippen LogP contribution in [0.2, 0.25) is 5.02 Å². The van der Waals surface area contributed by atoms with Crippen molar-refractivity contribution in [2.45, 2.75) is 26.0 Å². The van der Waals surface area contributed by atoms with E-state index in [1.807, 2.05) is 33.0 Å². The minimum Gasteiger partial charge on any atom is -0.377 e. The molecule has 0 radical (unpaired) electrons. The van der Waals surface area contributed by atoms with Crippen molar-refractivity contribution >= 4 is 34.2 Å². The summed E-state index contributed by atoms with van der Waals surface area (Å²) in [5.74, 6) is 0. The third kappa shape index (κ3) is 4.20. The lowest BCUT2D eigenvalue weighted by Crippen LogP contribution is -2.23. The van der Waals surface area contributed by atoms with E-state index in [0.717, 1.165) is 14.2 Å². The Bertz CT molecular complexity index is 344. The first kappa shape index (κ1) is 14.2. The van der Waals surface area contributed by atoms with E-state index >= 15 is 0 Å². The second kappa shape index (κ2) is 6.79. The molecule has 0 aliphatic rings. The van der Waals surface area contributed by atoms with Gasteiger partial charge < -0.3 is 10.1 Å². The highest BCUT2D eigenvalue weighted by atomic mass is 127. The van der Waals surface area contributed by atoms with E-state index in [2.05, 4.69) is 34.0 Å². The Kier molecular flexibility index (Phi) is 6.03. The first-order chi connectivity index (χ1) is 7.54. The van der Waals surface area contributed by atoms with Crippen LogP contribution in [0.4, 0.5) is 0 Å². The molecule has 0 aromatic heterocycles. The molecule has 1 unspecified atom stereocenters. The second-order valence-corrected chi connectivity index (χ2v) is 5.47. The van der Waals surface area contributed by atoms with Gasteiger partial charge in [0.1, 0.15) is 0 Å². The lowest BCUT2D eigenvalue weighted by Gasteiger charge is -2.19. The highest BCUT2D eigenvalue weighted by Gasteiger charge is 2.11. The summed E-state index contributed by atoms with van der Waals surface area (Å²) >= 11 is 8.33. The topological polar surface area (TPSA) is 21.3 Å². The van der Waals surface area contributed by atoms with Gasteiger partial charge in [0.25, 0.3) is 0 Å². The van der Waals surface area contributed by atoms with Gasteiger partial charge in [0, 0.05) is 3.57 Å². The maximum absolute atomic E-state index is 6.10. The van der Waals surface area contributed by atoms with Crippen molar-refractivity contribution in [1.29, 1.82) is 0 Å². The molecule has 0 heterocycles. The van der Waals surface area contributed by atoms with Gasteiger partial charge in [-0.1, -0.05) is 17.7 Å². The molecule has 4 heteroatoms. The molecule has 0 saturated carbocycles. The smallest absolute Gasteiger partial charge is 0.0664 e. The normalized spacial score (nSPS) is 13.1. The molecule has 0 saturated heterocycles. The zero-order valence-corrected chi connectivity index (χ0v) is 12.7. The summed E-state index contributed by atoms with van der Waals surface area (Å²) in [5.41, 5.74) is 1.16. The quantitative estimate of drug-likeness (QED) is 0.816. The van der Waals surface area contributed by atoms with Crippen LogP contribution in [-0.2, 0) is 4.74 Å². The second-order valence-electron chi connectivity index (χ2n) is 3.90. The molecular weight excluding hydrogens is 336 g/mol. The van der Waals surface area contributed by atoms with E-state index < -0.39 is 0 Å². The van der Waals surface area contributed by atoms with E-state index in [9.17, 15) is 0 Å². The molecule has 0 fully saturated rings. The van der Waals surface area contributed by atoms with Crippen LogP contribution in [0, 0.1) is 3.57 Å². The Labute approximate surface area is 116 Å². The number of halogens is 2. The molecule has 0 spiro atoms. The number of hydrogen-bond donors (Lipinski definition) is 1. The van der Waals surface area contributed by atoms with Gasteiger partial charge in [-0.2, -0.15) is 0 Å². The van der Waals surface area contributed by atoms with Gasteiger partial charge in [0.15, 0.2) is 0 Å². The van der Waals surface area contributed by atoms with Crippen molar-refractivity contribution in [2.75, 3.05) is 13.7 Å². The first-order valence-electron chi connectivity index (χ1n) is 5.28. The van der Waals surface area contributed by atoms with Crippen molar-refractivity contribution < 1.29 is 4.74 Å². The summed E-state index contributed by atoms with van der Waals surface area (Å²) in [7, 11) is 1.93. The highest BCUT2D eigenvalue weighted by Crippen LogP contribution is 2.23. The maximum atomic E-state index is 6.10. The summed E-state index contributed by atoms with van der Waals surface area (Å²) in [5, 5.41) is 4.03. The fourth-order valence-corrected chi connectivity index (χ4v) is 1.89. The zero-order chi connectivity index (χ0) is 12.1. The monoisotopic (exact) mass is 353 g/mol. The van der Waals surface area contributed by atoms with Crippen LogP contribution in [-0.4, -0.2) is 19.8 Å². The number of hydrogen-bond acceptors (Lipinski definition) is 2. The molecule has 1 aromatic rings. The Morgan fingerprint density at radius 3 is 2.62 bits per heavy atom. The van der Waals surface area contributed by atoms with E-state index in [1.54, 1.807) is 0 Å². The van der Waals surface area contributed by atoms with E-state index in [4.69, 9.17) is 16.3 Å². The molecule has 0 aliphatic carbocycles. The fraction of sp³-hybridized carbons (Fsp3) is 0.500. The predicted molar refractivity (Wildman–Crippen MR) is 77.1 cm³/mol. The van der Waals surface area contributed by atoms with Gasteiger partial charge in [-0.3, -0.25) is 0 Å². The fourth-order valence-electron chi connectivity index (χ4n) is 1.36. The highest BCUT2D eigenvalue weighted by molar-refractivity contribution is 14.1. The molecule has 1 rings (SSSR count). The number of rotatable bonds is 5. The van der Waals surface area contributed by atoms with Crippen molar-refractivity contribution in [3.05, 3.63) is 32.4 Å². The van der Waals surface area contributed by atoms with Crippen LogP contribution in [0.3, 0.4) is 0 Å². The van der Waals surface area contributed by atoms with Gasteiger partial charge in [-0.25, -0.2) is 0 Å². The van der Waals surface area contributed by atoms with Crippen LogP contribution in [0.25, 0.3) is 0 Å². The number of likely N-dealkylation sites (N-methyl/N-ethyl adjacent to an activating group) is 1. The molecule has 16 heavy (non-hydrogen) atoms. The molecule has 1 N–H and O–H groups in total. The number of ether oxygens (including phenoxy) is 1. The maximum Gasteiger partial charge on any atom is 0.0664 e. The van der Waals surface area contributed by atoms with E-state index in [1.165, 1.54) is 0 Å². The molecule has 1 aromatic carbocycles. The van der Waals surface area contributed by atoms with E-state index in [0.29, 0.717) is 6.61 Å². The minimum atomic E-state index is 0.192. The van der Waals surface area contributed by atoms with Crippen molar-refractivity contribution in [2.24, 2.45) is 0 Å². The van der Waals surface area contributed by atoms with Crippen LogP contribution in [0.5, 0.6) is 0 Å². The summed E-state index contributed by atoms with van der Waals surface area (Å²) < 4.78 is 6.68. The molecule has 1 atom stereocenters. The lowest BCUT2D eigenvalue weighted by molar-refractivity contribution is 0.0626. The van der Waals surface area contributed by atoms with Gasteiger partial charge in [-0.15, -0.1) is 0 Å². The molecule has 90 valence electrons. The van der Waals surface area contributed by atoms with Gasteiger partial charge >= 0.3 is 0 Å². The average Bonchev–Trinajstić information content (AvgIpc) is 2.23. The van der Waals surface area contributed by atoms with E-state index in [-0.39, 0.29) is 12.1 Å². The standard InChI is InChI=1S/C12H17ClINO/c1-8(2)16-7-12(15-3)9-4-5-11(14)10(13)6-9/h4-6,8,12,15H,7H2,1-3H3. The number of nitrogens with one attached hydrogen (secondary N) is 1. The average molecular weight is 354 g/mol.